The lowest BCUT2D eigenvalue weighted by Gasteiger charge is -2.25. The molecule has 0 amide bonds. The lowest BCUT2D eigenvalue weighted by atomic mass is 9.79. The van der Waals surface area contributed by atoms with Gasteiger partial charge >= 0.3 is 0 Å². The van der Waals surface area contributed by atoms with E-state index >= 15 is 0 Å². The highest BCUT2D eigenvalue weighted by atomic mass is 35.5. The van der Waals surface area contributed by atoms with Crippen LogP contribution in [0.15, 0.2) is 18.2 Å². The van der Waals surface area contributed by atoms with Crippen LogP contribution in [0.2, 0.25) is 5.02 Å². The van der Waals surface area contributed by atoms with Crippen molar-refractivity contribution in [2.45, 2.75) is 32.6 Å². The standard InChI is InChI=1S/C15H19ClO2/c1-10-3-5-11(6-4-10)15(17)13-8-7-12(16)9-14(13)18-2/h7-11H,3-6H2,1-2H3. The molecular weight excluding hydrogens is 248 g/mol. The summed E-state index contributed by atoms with van der Waals surface area (Å²) in [6.45, 7) is 2.25. The second-order valence-corrected chi connectivity index (χ2v) is 5.60. The number of ketones is 1. The van der Waals surface area contributed by atoms with Crippen LogP contribution in [-0.2, 0) is 0 Å². The van der Waals surface area contributed by atoms with Gasteiger partial charge < -0.3 is 4.74 Å². The van der Waals surface area contributed by atoms with Crippen molar-refractivity contribution in [3.8, 4) is 5.75 Å². The summed E-state index contributed by atoms with van der Waals surface area (Å²) in [4.78, 5) is 12.5. The second-order valence-electron chi connectivity index (χ2n) is 5.17. The number of carbonyl (C=O) groups is 1. The second kappa shape index (κ2) is 5.75. The first-order valence-electron chi connectivity index (χ1n) is 6.49. The van der Waals surface area contributed by atoms with Gasteiger partial charge in [-0.1, -0.05) is 31.4 Å². The number of hydrogen-bond donors (Lipinski definition) is 0. The Morgan fingerprint density at radius 3 is 2.56 bits per heavy atom. The molecule has 1 aliphatic rings. The van der Waals surface area contributed by atoms with Gasteiger partial charge in [0.1, 0.15) is 5.75 Å². The van der Waals surface area contributed by atoms with E-state index in [-0.39, 0.29) is 11.7 Å². The van der Waals surface area contributed by atoms with E-state index in [0.717, 1.165) is 31.6 Å². The van der Waals surface area contributed by atoms with Gasteiger partial charge in [-0.2, -0.15) is 0 Å². The van der Waals surface area contributed by atoms with E-state index in [0.29, 0.717) is 16.3 Å². The normalized spacial score (nSPS) is 23.7. The van der Waals surface area contributed by atoms with E-state index in [1.54, 1.807) is 25.3 Å². The minimum atomic E-state index is 0.149. The molecule has 1 aromatic rings. The predicted octanol–water partition coefficient (Wildman–Crippen LogP) is 4.36. The first-order valence-corrected chi connectivity index (χ1v) is 6.87. The Hall–Kier alpha value is -1.02. The fourth-order valence-corrected chi connectivity index (χ4v) is 2.77. The predicted molar refractivity (Wildman–Crippen MR) is 73.5 cm³/mol. The van der Waals surface area contributed by atoms with Gasteiger partial charge in [0.2, 0.25) is 0 Å². The monoisotopic (exact) mass is 266 g/mol. The Morgan fingerprint density at radius 2 is 1.94 bits per heavy atom. The van der Waals surface area contributed by atoms with Crippen molar-refractivity contribution in [1.82, 2.24) is 0 Å². The van der Waals surface area contributed by atoms with Gasteiger partial charge in [0.15, 0.2) is 5.78 Å². The molecule has 1 aliphatic carbocycles. The highest BCUT2D eigenvalue weighted by Crippen LogP contribution is 2.33. The van der Waals surface area contributed by atoms with Gasteiger partial charge in [-0.25, -0.2) is 0 Å². The molecule has 0 aromatic heterocycles. The summed E-state index contributed by atoms with van der Waals surface area (Å²) in [5.41, 5.74) is 0.668. The molecule has 0 bridgehead atoms. The minimum Gasteiger partial charge on any atom is -0.496 e. The van der Waals surface area contributed by atoms with Crippen LogP contribution in [0.25, 0.3) is 0 Å². The molecule has 1 saturated carbocycles. The lowest BCUT2D eigenvalue weighted by Crippen LogP contribution is -2.21. The average molecular weight is 267 g/mol. The number of halogens is 1. The maximum Gasteiger partial charge on any atom is 0.169 e. The van der Waals surface area contributed by atoms with Crippen molar-refractivity contribution in [3.05, 3.63) is 28.8 Å². The Labute approximate surface area is 113 Å². The quantitative estimate of drug-likeness (QED) is 0.760. The number of hydrogen-bond acceptors (Lipinski definition) is 2. The SMILES string of the molecule is COc1cc(Cl)ccc1C(=O)C1CCC(C)CC1. The molecule has 0 spiro atoms. The van der Waals surface area contributed by atoms with Crippen LogP contribution in [0.1, 0.15) is 43.0 Å². The van der Waals surface area contributed by atoms with Gasteiger partial charge in [-0.15, -0.1) is 0 Å². The first-order chi connectivity index (χ1) is 8.61. The molecule has 3 heteroatoms. The maximum absolute atomic E-state index is 12.5. The molecule has 2 nitrogen and oxygen atoms in total. The number of ether oxygens (including phenoxy) is 1. The number of carbonyl (C=O) groups excluding carboxylic acids is 1. The van der Waals surface area contributed by atoms with Crippen LogP contribution in [0.5, 0.6) is 5.75 Å². The highest BCUT2D eigenvalue weighted by molar-refractivity contribution is 6.30. The molecule has 0 saturated heterocycles. The number of methoxy groups -OCH3 is 1. The van der Waals surface area contributed by atoms with Crippen molar-refractivity contribution in [2.24, 2.45) is 11.8 Å². The largest absolute Gasteiger partial charge is 0.496 e. The molecule has 0 radical (unpaired) electrons. The van der Waals surface area contributed by atoms with Crippen molar-refractivity contribution >= 4 is 17.4 Å². The molecule has 1 aromatic carbocycles. The van der Waals surface area contributed by atoms with Gasteiger partial charge in [0.05, 0.1) is 12.7 Å². The summed E-state index contributed by atoms with van der Waals surface area (Å²) < 4.78 is 5.25. The molecule has 98 valence electrons. The molecule has 18 heavy (non-hydrogen) atoms. The molecule has 0 N–H and O–H groups in total. The zero-order valence-corrected chi connectivity index (χ0v) is 11.7. The summed E-state index contributed by atoms with van der Waals surface area (Å²) >= 11 is 5.91. The van der Waals surface area contributed by atoms with Crippen molar-refractivity contribution in [3.63, 3.8) is 0 Å². The summed E-state index contributed by atoms with van der Waals surface area (Å²) in [5.74, 6) is 1.69. The van der Waals surface area contributed by atoms with Gasteiger partial charge in [0.25, 0.3) is 0 Å². The summed E-state index contributed by atoms with van der Waals surface area (Å²) in [7, 11) is 1.57. The molecule has 0 unspecified atom stereocenters. The fraction of sp³-hybridized carbons (Fsp3) is 0.533. The van der Waals surface area contributed by atoms with E-state index < -0.39 is 0 Å². The fourth-order valence-electron chi connectivity index (χ4n) is 2.61. The smallest absolute Gasteiger partial charge is 0.169 e. The summed E-state index contributed by atoms with van der Waals surface area (Å²) in [6.07, 6.45) is 4.27. The van der Waals surface area contributed by atoms with Crippen LogP contribution in [-0.4, -0.2) is 12.9 Å². The zero-order valence-electron chi connectivity index (χ0n) is 10.9. The van der Waals surface area contributed by atoms with Crippen molar-refractivity contribution < 1.29 is 9.53 Å². The third-order valence-corrected chi connectivity index (χ3v) is 4.05. The van der Waals surface area contributed by atoms with E-state index in [1.165, 1.54) is 0 Å². The third-order valence-electron chi connectivity index (χ3n) is 3.82. The Bertz CT molecular complexity index is 434. The minimum absolute atomic E-state index is 0.149. The molecule has 0 atom stereocenters. The highest BCUT2D eigenvalue weighted by Gasteiger charge is 2.26. The number of rotatable bonds is 3. The first kappa shape index (κ1) is 13.4. The number of Topliss-reactive ketones (excluding diaryl/α,β-unsaturated/α-hetero) is 1. The lowest BCUT2D eigenvalue weighted by molar-refractivity contribution is 0.0872. The van der Waals surface area contributed by atoms with E-state index in [2.05, 4.69) is 6.92 Å². The average Bonchev–Trinajstić information content (AvgIpc) is 2.38. The molecule has 2 rings (SSSR count). The Morgan fingerprint density at radius 1 is 1.28 bits per heavy atom. The van der Waals surface area contributed by atoms with Crippen LogP contribution in [0, 0.1) is 11.8 Å². The number of benzene rings is 1. The Kier molecular flexibility index (Phi) is 4.28. The molecule has 0 heterocycles. The summed E-state index contributed by atoms with van der Waals surface area (Å²) in [6, 6.07) is 5.24. The van der Waals surface area contributed by atoms with E-state index in [9.17, 15) is 4.79 Å². The van der Waals surface area contributed by atoms with Crippen molar-refractivity contribution in [1.29, 1.82) is 0 Å². The van der Waals surface area contributed by atoms with Gasteiger partial charge in [-0.05, 0) is 37.0 Å². The molecule has 1 fully saturated rings. The maximum atomic E-state index is 12.5. The summed E-state index contributed by atoms with van der Waals surface area (Å²) in [5, 5.41) is 0.598. The van der Waals surface area contributed by atoms with E-state index in [4.69, 9.17) is 16.3 Å². The Balaban J connectivity index is 2.18. The third kappa shape index (κ3) is 2.86. The van der Waals surface area contributed by atoms with Gasteiger partial charge in [-0.3, -0.25) is 4.79 Å². The zero-order chi connectivity index (χ0) is 13.1. The van der Waals surface area contributed by atoms with E-state index in [1.807, 2.05) is 0 Å². The van der Waals surface area contributed by atoms with Crippen LogP contribution >= 0.6 is 11.6 Å². The van der Waals surface area contributed by atoms with Crippen molar-refractivity contribution in [2.75, 3.05) is 7.11 Å². The molecular formula is C15H19ClO2. The van der Waals surface area contributed by atoms with Crippen LogP contribution in [0.4, 0.5) is 0 Å². The van der Waals surface area contributed by atoms with Crippen LogP contribution < -0.4 is 4.74 Å². The van der Waals surface area contributed by atoms with Crippen LogP contribution in [0.3, 0.4) is 0 Å². The topological polar surface area (TPSA) is 26.3 Å². The molecule has 0 aliphatic heterocycles. The van der Waals surface area contributed by atoms with Gasteiger partial charge in [0, 0.05) is 10.9 Å².